The van der Waals surface area contributed by atoms with Crippen molar-refractivity contribution in [2.24, 2.45) is 5.92 Å². The molecule has 1 unspecified atom stereocenters. The van der Waals surface area contributed by atoms with Gasteiger partial charge in [0.15, 0.2) is 0 Å². The van der Waals surface area contributed by atoms with Crippen molar-refractivity contribution in [3.63, 3.8) is 0 Å². The summed E-state index contributed by atoms with van der Waals surface area (Å²) in [6.45, 7) is 2.32. The molecular formula is C14H16Cl3NO4S. The van der Waals surface area contributed by atoms with Crippen LogP contribution in [0.5, 0.6) is 0 Å². The minimum atomic E-state index is -3.92. The molecule has 0 aliphatic carbocycles. The molecule has 1 aromatic carbocycles. The molecular weight excluding hydrogens is 385 g/mol. The van der Waals surface area contributed by atoms with Gasteiger partial charge in [0.25, 0.3) is 0 Å². The zero-order valence-corrected chi connectivity index (χ0v) is 15.5. The van der Waals surface area contributed by atoms with Gasteiger partial charge >= 0.3 is 5.97 Å². The summed E-state index contributed by atoms with van der Waals surface area (Å²) in [5.74, 6) is -0.871. The van der Waals surface area contributed by atoms with Crippen LogP contribution in [0.3, 0.4) is 0 Å². The Kier molecular flexibility index (Phi) is 6.19. The van der Waals surface area contributed by atoms with Crippen LogP contribution in [0.4, 0.5) is 0 Å². The van der Waals surface area contributed by atoms with Gasteiger partial charge in [0, 0.05) is 18.1 Å². The van der Waals surface area contributed by atoms with Gasteiger partial charge in [0.05, 0.1) is 22.6 Å². The fourth-order valence-corrected chi connectivity index (χ4v) is 5.53. The minimum absolute atomic E-state index is 0.0410. The lowest BCUT2D eigenvalue weighted by molar-refractivity contribution is -0.149. The van der Waals surface area contributed by atoms with E-state index in [1.807, 2.05) is 0 Å². The van der Waals surface area contributed by atoms with Gasteiger partial charge in [-0.1, -0.05) is 34.8 Å². The first kappa shape index (κ1) is 18.8. The fourth-order valence-electron chi connectivity index (χ4n) is 2.52. The smallest absolute Gasteiger partial charge is 0.310 e. The number of piperidine rings is 1. The quantitative estimate of drug-likeness (QED) is 0.724. The summed E-state index contributed by atoms with van der Waals surface area (Å²) in [6.07, 6.45) is 1.15. The number of esters is 1. The van der Waals surface area contributed by atoms with Crippen molar-refractivity contribution in [3.05, 3.63) is 27.2 Å². The van der Waals surface area contributed by atoms with E-state index in [0.29, 0.717) is 19.4 Å². The van der Waals surface area contributed by atoms with E-state index in [0.717, 1.165) is 0 Å². The molecule has 1 atom stereocenters. The van der Waals surface area contributed by atoms with Gasteiger partial charge in [-0.25, -0.2) is 8.42 Å². The van der Waals surface area contributed by atoms with E-state index in [9.17, 15) is 13.2 Å². The largest absolute Gasteiger partial charge is 0.466 e. The van der Waals surface area contributed by atoms with Crippen LogP contribution in [0.1, 0.15) is 19.8 Å². The van der Waals surface area contributed by atoms with Gasteiger partial charge in [-0.15, -0.1) is 0 Å². The molecule has 5 nitrogen and oxygen atoms in total. The second-order valence-electron chi connectivity index (χ2n) is 5.15. The van der Waals surface area contributed by atoms with Crippen LogP contribution in [0.25, 0.3) is 0 Å². The number of halogens is 3. The minimum Gasteiger partial charge on any atom is -0.466 e. The number of sulfonamides is 1. The Morgan fingerprint density at radius 1 is 1.30 bits per heavy atom. The number of rotatable bonds is 4. The molecule has 1 aliphatic heterocycles. The van der Waals surface area contributed by atoms with Crippen molar-refractivity contribution < 1.29 is 17.9 Å². The third-order valence-electron chi connectivity index (χ3n) is 3.56. The van der Waals surface area contributed by atoms with Crippen LogP contribution in [0.2, 0.25) is 15.1 Å². The second kappa shape index (κ2) is 7.57. The number of carbonyl (C=O) groups is 1. The zero-order valence-electron chi connectivity index (χ0n) is 12.4. The van der Waals surface area contributed by atoms with E-state index in [4.69, 9.17) is 39.5 Å². The molecule has 0 aromatic heterocycles. The van der Waals surface area contributed by atoms with Gasteiger partial charge in [-0.05, 0) is 31.9 Å². The van der Waals surface area contributed by atoms with Crippen molar-refractivity contribution in [2.45, 2.75) is 24.7 Å². The van der Waals surface area contributed by atoms with Crippen LogP contribution < -0.4 is 0 Å². The van der Waals surface area contributed by atoms with Crippen molar-refractivity contribution in [1.82, 2.24) is 4.31 Å². The topological polar surface area (TPSA) is 63.7 Å². The van der Waals surface area contributed by atoms with Crippen molar-refractivity contribution >= 4 is 50.8 Å². The lowest BCUT2D eigenvalue weighted by Crippen LogP contribution is -2.42. The van der Waals surface area contributed by atoms with E-state index in [-0.39, 0.29) is 39.1 Å². The number of nitrogens with zero attached hydrogens (tertiary/aromatic N) is 1. The Labute approximate surface area is 150 Å². The van der Waals surface area contributed by atoms with Crippen LogP contribution in [0.15, 0.2) is 17.0 Å². The SMILES string of the molecule is CCOC(=O)C1CCCN(S(=O)(=O)c2c(Cl)cc(Cl)cc2Cl)C1. The molecule has 1 heterocycles. The van der Waals surface area contributed by atoms with Crippen LogP contribution in [0, 0.1) is 5.92 Å². The van der Waals surface area contributed by atoms with E-state index in [2.05, 4.69) is 0 Å². The Morgan fingerprint density at radius 2 is 1.91 bits per heavy atom. The molecule has 1 fully saturated rings. The third kappa shape index (κ3) is 4.12. The van der Waals surface area contributed by atoms with Gasteiger partial charge in [0.2, 0.25) is 10.0 Å². The summed E-state index contributed by atoms with van der Waals surface area (Å²) in [5.41, 5.74) is 0. The predicted octanol–water partition coefficient (Wildman–Crippen LogP) is 3.61. The summed E-state index contributed by atoms with van der Waals surface area (Å²) in [5, 5.41) is 0.170. The molecule has 0 spiro atoms. The highest BCUT2D eigenvalue weighted by Crippen LogP contribution is 2.36. The highest BCUT2D eigenvalue weighted by molar-refractivity contribution is 7.89. The molecule has 1 aromatic rings. The normalized spacial score (nSPS) is 19.6. The third-order valence-corrected chi connectivity index (χ3v) is 6.57. The van der Waals surface area contributed by atoms with E-state index in [1.54, 1.807) is 6.92 Å². The molecule has 0 saturated carbocycles. The maximum absolute atomic E-state index is 12.8. The number of hydrogen-bond donors (Lipinski definition) is 0. The van der Waals surface area contributed by atoms with Gasteiger partial charge in [-0.2, -0.15) is 4.31 Å². The first-order chi connectivity index (χ1) is 10.8. The van der Waals surface area contributed by atoms with Crippen LogP contribution >= 0.6 is 34.8 Å². The molecule has 9 heteroatoms. The maximum atomic E-state index is 12.8. The second-order valence-corrected chi connectivity index (χ2v) is 8.28. The molecule has 2 rings (SSSR count). The predicted molar refractivity (Wildman–Crippen MR) is 89.6 cm³/mol. The highest BCUT2D eigenvalue weighted by atomic mass is 35.5. The fraction of sp³-hybridized carbons (Fsp3) is 0.500. The van der Waals surface area contributed by atoms with Gasteiger partial charge < -0.3 is 4.74 Å². The Bertz CT molecular complexity index is 685. The summed E-state index contributed by atoms with van der Waals surface area (Å²) in [4.78, 5) is 11.7. The molecule has 0 bridgehead atoms. The lowest BCUT2D eigenvalue weighted by Gasteiger charge is -2.31. The molecule has 0 amide bonds. The molecule has 0 radical (unpaired) electrons. The van der Waals surface area contributed by atoms with Crippen molar-refractivity contribution in [3.8, 4) is 0 Å². The summed E-state index contributed by atoms with van der Waals surface area (Å²) in [6, 6.07) is 2.66. The molecule has 1 aliphatic rings. The molecule has 23 heavy (non-hydrogen) atoms. The number of ether oxygens (including phenoxy) is 1. The summed E-state index contributed by atoms with van der Waals surface area (Å²) in [7, 11) is -3.92. The standard InChI is InChI=1S/C14H16Cl3NO4S/c1-2-22-14(19)9-4-3-5-18(8-9)23(20,21)13-11(16)6-10(15)7-12(13)17/h6-7,9H,2-5,8H2,1H3. The average molecular weight is 401 g/mol. The molecule has 0 N–H and O–H groups in total. The monoisotopic (exact) mass is 399 g/mol. The highest BCUT2D eigenvalue weighted by Gasteiger charge is 2.36. The van der Waals surface area contributed by atoms with Crippen LogP contribution in [-0.2, 0) is 19.6 Å². The Balaban J connectivity index is 2.31. The summed E-state index contributed by atoms with van der Waals surface area (Å²) < 4.78 is 31.9. The van der Waals surface area contributed by atoms with E-state index >= 15 is 0 Å². The number of benzene rings is 1. The average Bonchev–Trinajstić information content (AvgIpc) is 2.46. The molecule has 128 valence electrons. The van der Waals surface area contributed by atoms with Gasteiger partial charge in [-0.3, -0.25) is 4.79 Å². The maximum Gasteiger partial charge on any atom is 0.310 e. The number of carbonyl (C=O) groups excluding carboxylic acids is 1. The zero-order chi connectivity index (χ0) is 17.2. The van der Waals surface area contributed by atoms with Crippen LogP contribution in [-0.4, -0.2) is 38.4 Å². The number of hydrogen-bond acceptors (Lipinski definition) is 4. The first-order valence-corrected chi connectivity index (χ1v) is 9.66. The van der Waals surface area contributed by atoms with E-state index < -0.39 is 15.9 Å². The van der Waals surface area contributed by atoms with Crippen molar-refractivity contribution in [1.29, 1.82) is 0 Å². The first-order valence-electron chi connectivity index (χ1n) is 7.08. The lowest BCUT2D eigenvalue weighted by atomic mass is 10.0. The van der Waals surface area contributed by atoms with Crippen molar-refractivity contribution in [2.75, 3.05) is 19.7 Å². The summed E-state index contributed by atoms with van der Waals surface area (Å²) >= 11 is 17.9. The van der Waals surface area contributed by atoms with E-state index in [1.165, 1.54) is 16.4 Å². The molecule has 1 saturated heterocycles. The Morgan fingerprint density at radius 3 is 2.48 bits per heavy atom. The van der Waals surface area contributed by atoms with Gasteiger partial charge in [0.1, 0.15) is 4.90 Å². The Hall–Kier alpha value is -0.530.